The Bertz CT molecular complexity index is 744. The third-order valence-corrected chi connectivity index (χ3v) is 5.60. The summed E-state index contributed by atoms with van der Waals surface area (Å²) in [6, 6.07) is 15.9. The molecule has 27 heavy (non-hydrogen) atoms. The van der Waals surface area contributed by atoms with Crippen molar-refractivity contribution in [2.24, 2.45) is 5.92 Å². The zero-order valence-electron chi connectivity index (χ0n) is 16.1. The van der Waals surface area contributed by atoms with E-state index < -0.39 is 0 Å². The second-order valence-electron chi connectivity index (χ2n) is 7.63. The molecule has 1 amide bonds. The lowest BCUT2D eigenvalue weighted by atomic mass is 9.99. The van der Waals surface area contributed by atoms with Crippen molar-refractivity contribution in [3.63, 3.8) is 0 Å². The number of piperidine rings is 1. The van der Waals surface area contributed by atoms with Crippen molar-refractivity contribution in [2.45, 2.75) is 39.2 Å². The maximum Gasteiger partial charge on any atom is 0.251 e. The van der Waals surface area contributed by atoms with Gasteiger partial charge < -0.3 is 5.32 Å². The molecule has 4 heteroatoms. The summed E-state index contributed by atoms with van der Waals surface area (Å²) in [6.45, 7) is 6.30. The number of rotatable bonds is 7. The summed E-state index contributed by atoms with van der Waals surface area (Å²) in [7, 11) is 0. The van der Waals surface area contributed by atoms with Gasteiger partial charge in [0.15, 0.2) is 0 Å². The van der Waals surface area contributed by atoms with Gasteiger partial charge >= 0.3 is 0 Å². The van der Waals surface area contributed by atoms with Crippen LogP contribution in [-0.4, -0.2) is 30.4 Å². The van der Waals surface area contributed by atoms with E-state index in [1.165, 1.54) is 31.5 Å². The van der Waals surface area contributed by atoms with E-state index in [0.717, 1.165) is 41.5 Å². The van der Waals surface area contributed by atoms with Gasteiger partial charge in [-0.2, -0.15) is 0 Å². The molecule has 0 saturated carbocycles. The van der Waals surface area contributed by atoms with Crippen LogP contribution in [0, 0.1) is 5.92 Å². The molecule has 1 atom stereocenters. The lowest BCUT2D eigenvalue weighted by Crippen LogP contribution is -2.33. The van der Waals surface area contributed by atoms with Gasteiger partial charge in [-0.3, -0.25) is 9.69 Å². The largest absolute Gasteiger partial charge is 0.352 e. The van der Waals surface area contributed by atoms with Crippen molar-refractivity contribution in [1.82, 2.24) is 10.2 Å². The first-order valence-corrected chi connectivity index (χ1v) is 10.3. The highest BCUT2D eigenvalue weighted by Crippen LogP contribution is 2.18. The van der Waals surface area contributed by atoms with Gasteiger partial charge in [-0.05, 0) is 67.5 Å². The number of hydrogen-bond acceptors (Lipinski definition) is 2. The second kappa shape index (κ2) is 9.91. The molecule has 1 fully saturated rings. The Labute approximate surface area is 167 Å². The number of amides is 1. The summed E-state index contributed by atoms with van der Waals surface area (Å²) in [6.07, 6.45) is 4.37. The summed E-state index contributed by atoms with van der Waals surface area (Å²) in [5.41, 5.74) is 3.13. The Hall–Kier alpha value is -1.84. The average molecular weight is 385 g/mol. The monoisotopic (exact) mass is 384 g/mol. The fraction of sp³-hybridized carbons (Fsp3) is 0.435. The molecular weight excluding hydrogens is 356 g/mol. The minimum absolute atomic E-state index is 0.00713. The number of aryl methyl sites for hydroxylation is 1. The normalized spacial score (nSPS) is 17.6. The zero-order chi connectivity index (χ0) is 19.1. The summed E-state index contributed by atoms with van der Waals surface area (Å²) < 4.78 is 0. The molecular formula is C23H29ClN2O. The highest BCUT2D eigenvalue weighted by Gasteiger charge is 2.16. The Morgan fingerprint density at radius 1 is 1.19 bits per heavy atom. The molecule has 1 heterocycles. The first kappa shape index (κ1) is 19.9. The summed E-state index contributed by atoms with van der Waals surface area (Å²) in [5.74, 6) is 0.780. The summed E-state index contributed by atoms with van der Waals surface area (Å²) in [5, 5.41) is 3.80. The number of likely N-dealkylation sites (tertiary alicyclic amines) is 1. The van der Waals surface area contributed by atoms with Gasteiger partial charge in [0.25, 0.3) is 5.91 Å². The van der Waals surface area contributed by atoms with Gasteiger partial charge in [0.2, 0.25) is 0 Å². The first-order chi connectivity index (χ1) is 13.1. The third-order valence-electron chi connectivity index (χ3n) is 5.23. The topological polar surface area (TPSA) is 32.3 Å². The Morgan fingerprint density at radius 2 is 1.96 bits per heavy atom. The lowest BCUT2D eigenvalue weighted by Gasteiger charge is -2.30. The Kier molecular flexibility index (Phi) is 7.31. The van der Waals surface area contributed by atoms with Crippen molar-refractivity contribution in [3.05, 3.63) is 70.2 Å². The molecule has 0 spiro atoms. The van der Waals surface area contributed by atoms with Crippen LogP contribution in [-0.2, 0) is 13.0 Å². The number of halogens is 1. The smallest absolute Gasteiger partial charge is 0.251 e. The fourth-order valence-electron chi connectivity index (χ4n) is 3.73. The number of carbonyl (C=O) groups excluding carboxylic acids is 1. The van der Waals surface area contributed by atoms with E-state index in [1.54, 1.807) is 0 Å². The molecule has 2 aromatic carbocycles. The van der Waals surface area contributed by atoms with E-state index in [2.05, 4.69) is 29.3 Å². The van der Waals surface area contributed by atoms with Gasteiger partial charge in [-0.1, -0.05) is 48.9 Å². The number of nitrogens with zero attached hydrogens (tertiary/aromatic N) is 1. The molecule has 0 aliphatic carbocycles. The highest BCUT2D eigenvalue weighted by atomic mass is 35.5. The summed E-state index contributed by atoms with van der Waals surface area (Å²) in [4.78, 5) is 14.8. The second-order valence-corrected chi connectivity index (χ2v) is 8.04. The van der Waals surface area contributed by atoms with Crippen LogP contribution in [0.4, 0.5) is 0 Å². The molecule has 144 valence electrons. The van der Waals surface area contributed by atoms with Crippen LogP contribution < -0.4 is 5.32 Å². The van der Waals surface area contributed by atoms with Gasteiger partial charge in [-0.25, -0.2) is 0 Å². The first-order valence-electron chi connectivity index (χ1n) is 9.95. The molecule has 1 aliphatic heterocycles. The van der Waals surface area contributed by atoms with Crippen molar-refractivity contribution in [2.75, 3.05) is 19.6 Å². The van der Waals surface area contributed by atoms with E-state index in [0.29, 0.717) is 6.54 Å². The zero-order valence-corrected chi connectivity index (χ0v) is 16.8. The van der Waals surface area contributed by atoms with Crippen LogP contribution in [0.15, 0.2) is 48.5 Å². The SMILES string of the molecule is C[C@@H]1CCCN(Cc2ccc(C(=O)NCCCc3ccccc3Cl)cc2)C1. The van der Waals surface area contributed by atoms with E-state index in [4.69, 9.17) is 11.6 Å². The Balaban J connectivity index is 1.42. The van der Waals surface area contributed by atoms with Gasteiger partial charge in [0.05, 0.1) is 0 Å². The number of hydrogen-bond donors (Lipinski definition) is 1. The quantitative estimate of drug-likeness (QED) is 0.686. The fourth-order valence-corrected chi connectivity index (χ4v) is 3.96. The average Bonchev–Trinajstić information content (AvgIpc) is 2.67. The van der Waals surface area contributed by atoms with Crippen LogP contribution in [0.3, 0.4) is 0 Å². The van der Waals surface area contributed by atoms with Crippen LogP contribution in [0.1, 0.15) is 47.7 Å². The molecule has 1 saturated heterocycles. The van der Waals surface area contributed by atoms with Crippen molar-refractivity contribution < 1.29 is 4.79 Å². The standard InChI is InChI=1S/C23H29ClN2O/c1-18-6-5-15-26(16-18)17-19-10-12-21(13-11-19)23(27)25-14-4-8-20-7-2-3-9-22(20)24/h2-3,7,9-13,18H,4-6,8,14-17H2,1H3,(H,25,27)/t18-/m1/s1. The van der Waals surface area contributed by atoms with Crippen LogP contribution in [0.2, 0.25) is 5.02 Å². The third kappa shape index (κ3) is 6.08. The minimum atomic E-state index is -0.00713. The molecule has 0 bridgehead atoms. The predicted octanol–water partition coefficient (Wildman–Crippen LogP) is 4.93. The van der Waals surface area contributed by atoms with E-state index in [1.807, 2.05) is 36.4 Å². The molecule has 0 unspecified atom stereocenters. The van der Waals surface area contributed by atoms with Crippen molar-refractivity contribution in [3.8, 4) is 0 Å². The van der Waals surface area contributed by atoms with Crippen LogP contribution >= 0.6 is 11.6 Å². The van der Waals surface area contributed by atoms with Gasteiger partial charge in [0.1, 0.15) is 0 Å². The van der Waals surface area contributed by atoms with E-state index in [-0.39, 0.29) is 5.91 Å². The molecule has 1 aliphatic rings. The number of benzene rings is 2. The molecule has 1 N–H and O–H groups in total. The Morgan fingerprint density at radius 3 is 2.70 bits per heavy atom. The molecule has 0 aromatic heterocycles. The predicted molar refractivity (Wildman–Crippen MR) is 112 cm³/mol. The highest BCUT2D eigenvalue weighted by molar-refractivity contribution is 6.31. The van der Waals surface area contributed by atoms with Crippen molar-refractivity contribution in [1.29, 1.82) is 0 Å². The van der Waals surface area contributed by atoms with Crippen LogP contribution in [0.5, 0.6) is 0 Å². The maximum absolute atomic E-state index is 12.3. The molecule has 3 nitrogen and oxygen atoms in total. The van der Waals surface area contributed by atoms with Crippen LogP contribution in [0.25, 0.3) is 0 Å². The molecule has 3 rings (SSSR count). The van der Waals surface area contributed by atoms with E-state index in [9.17, 15) is 4.79 Å². The maximum atomic E-state index is 12.3. The van der Waals surface area contributed by atoms with Crippen molar-refractivity contribution >= 4 is 17.5 Å². The number of nitrogens with one attached hydrogen (secondary N) is 1. The van der Waals surface area contributed by atoms with Gasteiger partial charge in [0, 0.05) is 30.2 Å². The molecule has 0 radical (unpaired) electrons. The van der Waals surface area contributed by atoms with E-state index >= 15 is 0 Å². The summed E-state index contributed by atoms with van der Waals surface area (Å²) >= 11 is 6.16. The lowest BCUT2D eigenvalue weighted by molar-refractivity contribution is 0.0953. The molecule has 2 aromatic rings. The minimum Gasteiger partial charge on any atom is -0.352 e. The number of carbonyl (C=O) groups is 1. The van der Waals surface area contributed by atoms with Gasteiger partial charge in [-0.15, -0.1) is 0 Å².